The van der Waals surface area contributed by atoms with Crippen molar-refractivity contribution in [2.75, 3.05) is 19.6 Å². The molecule has 8 nitrogen and oxygen atoms in total. The molecule has 1 aliphatic rings. The van der Waals surface area contributed by atoms with Gasteiger partial charge in [-0.05, 0) is 20.8 Å². The number of ether oxygens (including phenoxy) is 1. The zero-order chi connectivity index (χ0) is 20.3. The predicted molar refractivity (Wildman–Crippen MR) is 105 cm³/mol. The zero-order valence-electron chi connectivity index (χ0n) is 16.0. The van der Waals surface area contributed by atoms with Gasteiger partial charge in [0.2, 0.25) is 0 Å². The third kappa shape index (κ3) is 4.29. The maximum atomic E-state index is 12.5. The van der Waals surface area contributed by atoms with Gasteiger partial charge in [0.15, 0.2) is 0 Å². The summed E-state index contributed by atoms with van der Waals surface area (Å²) >= 11 is 6.24. The van der Waals surface area contributed by atoms with Crippen molar-refractivity contribution in [2.45, 2.75) is 39.3 Å². The van der Waals surface area contributed by atoms with Crippen LogP contribution in [0.3, 0.4) is 0 Å². The summed E-state index contributed by atoms with van der Waals surface area (Å²) in [4.78, 5) is 8.61. The van der Waals surface area contributed by atoms with Crippen molar-refractivity contribution in [1.29, 1.82) is 5.26 Å². The number of fused-ring (bicyclic) bond motifs is 1. The normalized spacial score (nSPS) is 19.4. The number of nitrogens with zero attached hydrogens (tertiary/aromatic N) is 4. The Labute approximate surface area is 168 Å². The molecule has 3 rings (SSSR count). The first-order chi connectivity index (χ1) is 13.4. The largest absolute Gasteiger partial charge is 0.361 e. The van der Waals surface area contributed by atoms with Gasteiger partial charge in [-0.15, -0.1) is 0 Å². The second-order valence-corrected chi connectivity index (χ2v) is 8.65. The van der Waals surface area contributed by atoms with Crippen LogP contribution in [0.15, 0.2) is 18.3 Å². The van der Waals surface area contributed by atoms with Crippen LogP contribution in [-0.4, -0.2) is 40.2 Å². The van der Waals surface area contributed by atoms with Crippen molar-refractivity contribution < 1.29 is 18.3 Å². The van der Waals surface area contributed by atoms with Gasteiger partial charge in [-0.1, -0.05) is 23.8 Å². The maximum absolute atomic E-state index is 12.5. The third-order valence-electron chi connectivity index (χ3n) is 4.34. The van der Waals surface area contributed by atoms with Crippen molar-refractivity contribution in [1.82, 2.24) is 14.5 Å². The molecule has 0 bridgehead atoms. The zero-order valence-corrected chi connectivity index (χ0v) is 17.6. The molecule has 0 fully saturated rings. The van der Waals surface area contributed by atoms with Gasteiger partial charge >= 0.3 is 7.60 Å². The Morgan fingerprint density at radius 2 is 2.04 bits per heavy atom. The SMILES string of the molecule is CCOP(=O)(CO[C@@H]1C=C[C@H](n2cc(C#N)c3c(Cl)nc(C)nc32)C1)OCC. The van der Waals surface area contributed by atoms with Gasteiger partial charge in [0.25, 0.3) is 0 Å². The molecule has 0 N–H and O–H groups in total. The average molecular weight is 425 g/mol. The van der Waals surface area contributed by atoms with E-state index in [9.17, 15) is 9.83 Å². The van der Waals surface area contributed by atoms with E-state index >= 15 is 0 Å². The highest BCUT2D eigenvalue weighted by molar-refractivity contribution is 7.53. The summed E-state index contributed by atoms with van der Waals surface area (Å²) in [5.74, 6) is 0.533. The molecule has 150 valence electrons. The molecule has 0 saturated heterocycles. The molecule has 0 aliphatic heterocycles. The topological polar surface area (TPSA) is 99.3 Å². The van der Waals surface area contributed by atoms with Gasteiger partial charge in [-0.2, -0.15) is 5.26 Å². The summed E-state index contributed by atoms with van der Waals surface area (Å²) in [5.41, 5.74) is 1.04. The molecular formula is C18H22ClN4O4P. The van der Waals surface area contributed by atoms with E-state index in [4.69, 9.17) is 25.4 Å². The Morgan fingerprint density at radius 1 is 1.32 bits per heavy atom. The van der Waals surface area contributed by atoms with E-state index in [1.165, 1.54) is 0 Å². The average Bonchev–Trinajstić information content (AvgIpc) is 3.24. The molecule has 2 heterocycles. The molecule has 0 saturated carbocycles. The minimum atomic E-state index is -3.26. The number of allylic oxidation sites excluding steroid dienone is 1. The lowest BCUT2D eigenvalue weighted by Gasteiger charge is -2.20. The van der Waals surface area contributed by atoms with Gasteiger partial charge in [0, 0.05) is 12.6 Å². The minimum absolute atomic E-state index is 0.0708. The molecule has 2 aromatic heterocycles. The van der Waals surface area contributed by atoms with Crippen molar-refractivity contribution >= 4 is 30.2 Å². The smallest absolute Gasteiger partial charge is 0.356 e. The summed E-state index contributed by atoms with van der Waals surface area (Å²) < 4.78 is 30.7. The number of nitriles is 1. The van der Waals surface area contributed by atoms with E-state index in [2.05, 4.69) is 16.0 Å². The van der Waals surface area contributed by atoms with Crippen LogP contribution in [0.5, 0.6) is 0 Å². The lowest BCUT2D eigenvalue weighted by molar-refractivity contribution is 0.0898. The Kier molecular flexibility index (Phi) is 6.54. The lowest BCUT2D eigenvalue weighted by atomic mass is 10.2. The van der Waals surface area contributed by atoms with Crippen molar-refractivity contribution in [2.24, 2.45) is 0 Å². The fraction of sp³-hybridized carbons (Fsp3) is 0.500. The Balaban J connectivity index is 1.77. The first-order valence-electron chi connectivity index (χ1n) is 9.03. The van der Waals surface area contributed by atoms with Crippen LogP contribution in [-0.2, 0) is 18.3 Å². The molecule has 0 spiro atoms. The molecule has 0 unspecified atom stereocenters. The van der Waals surface area contributed by atoms with Gasteiger partial charge in [0.1, 0.15) is 29.0 Å². The summed E-state index contributed by atoms with van der Waals surface area (Å²) in [6, 6.07) is 2.08. The fourth-order valence-electron chi connectivity index (χ4n) is 3.21. The second-order valence-electron chi connectivity index (χ2n) is 6.29. The predicted octanol–water partition coefficient (Wildman–Crippen LogP) is 4.37. The number of hydrogen-bond donors (Lipinski definition) is 0. The third-order valence-corrected chi connectivity index (χ3v) is 6.38. The molecule has 0 radical (unpaired) electrons. The molecule has 1 aliphatic carbocycles. The van der Waals surface area contributed by atoms with Gasteiger partial charge < -0.3 is 18.4 Å². The van der Waals surface area contributed by atoms with E-state index in [0.717, 1.165) is 0 Å². The second kappa shape index (κ2) is 8.73. The standard InChI is InChI=1S/C18H22ClN4O4P/c1-4-26-28(24,27-5-2)11-25-15-7-6-14(8-15)23-10-13(9-20)16-17(19)21-12(3)22-18(16)23/h6-7,10,14-15H,4-5,8,11H2,1-3H3/t14-,15+/m0/s1. The van der Waals surface area contributed by atoms with E-state index < -0.39 is 7.60 Å². The molecule has 10 heteroatoms. The number of hydrogen-bond acceptors (Lipinski definition) is 7. The first kappa shape index (κ1) is 21.0. The fourth-order valence-corrected chi connectivity index (χ4v) is 4.91. The van der Waals surface area contributed by atoms with Crippen LogP contribution >= 0.6 is 19.2 Å². The van der Waals surface area contributed by atoms with Crippen molar-refractivity contribution in [3.05, 3.63) is 34.9 Å². The quantitative estimate of drug-likeness (QED) is 0.352. The highest BCUT2D eigenvalue weighted by atomic mass is 35.5. The number of rotatable bonds is 8. The molecule has 28 heavy (non-hydrogen) atoms. The van der Waals surface area contributed by atoms with Crippen molar-refractivity contribution in [3.63, 3.8) is 0 Å². The summed E-state index contributed by atoms with van der Waals surface area (Å²) in [6.45, 7) is 5.85. The van der Waals surface area contributed by atoms with Crippen LogP contribution in [0.4, 0.5) is 0 Å². The van der Waals surface area contributed by atoms with Gasteiger partial charge in [-0.25, -0.2) is 9.97 Å². The number of halogens is 1. The minimum Gasteiger partial charge on any atom is -0.361 e. The highest BCUT2D eigenvalue weighted by Crippen LogP contribution is 2.48. The van der Waals surface area contributed by atoms with E-state index in [-0.39, 0.29) is 36.9 Å². The van der Waals surface area contributed by atoms with E-state index in [0.29, 0.717) is 28.8 Å². The Hall–Kier alpha value is -1.75. The van der Waals surface area contributed by atoms with Crippen molar-refractivity contribution in [3.8, 4) is 6.07 Å². The monoisotopic (exact) mass is 424 g/mol. The van der Waals surface area contributed by atoms with E-state index in [1.807, 2.05) is 16.7 Å². The maximum Gasteiger partial charge on any atom is 0.356 e. The molecular weight excluding hydrogens is 403 g/mol. The van der Waals surface area contributed by atoms with Crippen LogP contribution < -0.4 is 0 Å². The molecule has 2 aromatic rings. The van der Waals surface area contributed by atoms with E-state index in [1.54, 1.807) is 27.0 Å². The molecule has 2 atom stereocenters. The first-order valence-corrected chi connectivity index (χ1v) is 11.1. The summed E-state index contributed by atoms with van der Waals surface area (Å²) in [7, 11) is -3.26. The Bertz CT molecular complexity index is 974. The lowest BCUT2D eigenvalue weighted by Crippen LogP contribution is -2.14. The highest BCUT2D eigenvalue weighted by Gasteiger charge is 2.29. The van der Waals surface area contributed by atoms with Crippen LogP contribution in [0.1, 0.15) is 37.7 Å². The Morgan fingerprint density at radius 3 is 2.68 bits per heavy atom. The summed E-state index contributed by atoms with van der Waals surface area (Å²) in [5, 5.41) is 10.2. The summed E-state index contributed by atoms with van der Waals surface area (Å²) in [6.07, 6.45) is 5.85. The van der Waals surface area contributed by atoms with Crippen LogP contribution in [0.25, 0.3) is 11.0 Å². The van der Waals surface area contributed by atoms with Gasteiger partial charge in [-0.3, -0.25) is 4.57 Å². The molecule has 0 amide bonds. The van der Waals surface area contributed by atoms with Crippen LogP contribution in [0, 0.1) is 18.3 Å². The number of aromatic nitrogens is 3. The number of aryl methyl sites for hydroxylation is 1. The van der Waals surface area contributed by atoms with Gasteiger partial charge in [0.05, 0.1) is 36.3 Å². The molecule has 0 aromatic carbocycles. The van der Waals surface area contributed by atoms with Crippen LogP contribution in [0.2, 0.25) is 5.15 Å².